The Hall–Kier alpha value is -4.06. The third-order valence-electron chi connectivity index (χ3n) is 6.27. The van der Waals surface area contributed by atoms with E-state index in [1.54, 1.807) is 24.3 Å². The van der Waals surface area contributed by atoms with Crippen LogP contribution >= 0.6 is 0 Å². The number of benzene rings is 3. The molecule has 1 saturated heterocycles. The lowest BCUT2D eigenvalue weighted by atomic mass is 10.1. The van der Waals surface area contributed by atoms with E-state index in [-0.39, 0.29) is 18.3 Å². The molecule has 186 valence electrons. The second kappa shape index (κ2) is 12.1. The number of anilines is 2. The van der Waals surface area contributed by atoms with Crippen LogP contribution in [0.4, 0.5) is 11.4 Å². The lowest BCUT2D eigenvalue weighted by Crippen LogP contribution is -2.29. The van der Waals surface area contributed by atoms with Gasteiger partial charge in [-0.15, -0.1) is 0 Å². The summed E-state index contributed by atoms with van der Waals surface area (Å²) in [6.45, 7) is 3.94. The highest BCUT2D eigenvalue weighted by atomic mass is 16.5. The molecule has 36 heavy (non-hydrogen) atoms. The summed E-state index contributed by atoms with van der Waals surface area (Å²) in [5.41, 5.74) is 4.35. The summed E-state index contributed by atoms with van der Waals surface area (Å²) in [4.78, 5) is 27.3. The first-order valence-corrected chi connectivity index (χ1v) is 12.3. The molecule has 0 aromatic heterocycles. The Bertz CT molecular complexity index is 1230. The van der Waals surface area contributed by atoms with E-state index in [9.17, 15) is 9.59 Å². The van der Waals surface area contributed by atoms with Crippen molar-refractivity contribution >= 4 is 29.1 Å². The monoisotopic (exact) mass is 484 g/mol. The van der Waals surface area contributed by atoms with E-state index < -0.39 is 0 Å². The molecule has 0 bridgehead atoms. The molecule has 1 aliphatic rings. The highest BCUT2D eigenvalue weighted by molar-refractivity contribution is 6.07. The fourth-order valence-electron chi connectivity index (χ4n) is 4.21. The van der Waals surface area contributed by atoms with Crippen molar-refractivity contribution in [2.45, 2.75) is 26.2 Å². The van der Waals surface area contributed by atoms with Crippen molar-refractivity contribution in [3.8, 4) is 11.5 Å². The van der Waals surface area contributed by atoms with Crippen LogP contribution in [0.1, 0.15) is 40.7 Å². The molecule has 0 radical (unpaired) electrons. The maximum absolute atomic E-state index is 12.7. The minimum Gasteiger partial charge on any atom is -0.493 e. The molecule has 0 saturated carbocycles. The summed E-state index contributed by atoms with van der Waals surface area (Å²) < 4.78 is 11.1. The van der Waals surface area contributed by atoms with Gasteiger partial charge in [-0.1, -0.05) is 30.3 Å². The van der Waals surface area contributed by atoms with Crippen LogP contribution in [0, 0.1) is 6.92 Å². The number of allylic oxidation sites excluding steroid dienone is 1. The highest BCUT2D eigenvalue weighted by Crippen LogP contribution is 2.29. The number of carbonyl (C=O) groups excluding carboxylic acids is 2. The third-order valence-corrected chi connectivity index (χ3v) is 6.27. The van der Waals surface area contributed by atoms with E-state index in [1.165, 1.54) is 32.1 Å². The zero-order valence-corrected chi connectivity index (χ0v) is 20.8. The van der Waals surface area contributed by atoms with Gasteiger partial charge in [0.25, 0.3) is 5.91 Å². The third kappa shape index (κ3) is 6.54. The van der Waals surface area contributed by atoms with Gasteiger partial charge in [-0.3, -0.25) is 9.59 Å². The Labute approximate surface area is 212 Å². The minimum absolute atomic E-state index is 0.0626. The Balaban J connectivity index is 1.34. The number of para-hydroxylation sites is 1. The first-order valence-electron chi connectivity index (χ1n) is 12.3. The smallest absolute Gasteiger partial charge is 0.262 e. The Kier molecular flexibility index (Phi) is 8.40. The number of nitrogens with one attached hydrogen (secondary N) is 1. The zero-order chi connectivity index (χ0) is 25.3. The molecule has 3 aromatic carbocycles. The van der Waals surface area contributed by atoms with Crippen LogP contribution < -0.4 is 19.7 Å². The van der Waals surface area contributed by atoms with Crippen LogP contribution in [0.3, 0.4) is 0 Å². The zero-order valence-electron chi connectivity index (χ0n) is 20.8. The molecule has 0 atom stereocenters. The maximum Gasteiger partial charge on any atom is 0.262 e. The summed E-state index contributed by atoms with van der Waals surface area (Å²) in [5, 5.41) is 2.84. The van der Waals surface area contributed by atoms with E-state index in [0.29, 0.717) is 17.1 Å². The molecular formula is C30H32N2O4. The van der Waals surface area contributed by atoms with Crippen molar-refractivity contribution in [1.82, 2.24) is 0 Å². The number of ether oxygens (including phenoxy) is 2. The van der Waals surface area contributed by atoms with Crippen LogP contribution in [-0.2, 0) is 4.79 Å². The fourth-order valence-corrected chi connectivity index (χ4v) is 4.21. The van der Waals surface area contributed by atoms with Gasteiger partial charge in [-0.05, 0) is 85.9 Å². The van der Waals surface area contributed by atoms with Crippen LogP contribution in [-0.4, -0.2) is 38.5 Å². The average Bonchev–Trinajstić information content (AvgIpc) is 2.92. The van der Waals surface area contributed by atoms with Crippen molar-refractivity contribution < 1.29 is 19.1 Å². The van der Waals surface area contributed by atoms with Crippen molar-refractivity contribution in [3.05, 3.63) is 89.5 Å². The number of nitrogens with zero attached hydrogens (tertiary/aromatic N) is 1. The second-order valence-corrected chi connectivity index (χ2v) is 8.85. The summed E-state index contributed by atoms with van der Waals surface area (Å²) >= 11 is 0. The van der Waals surface area contributed by atoms with Crippen LogP contribution in [0.15, 0.2) is 72.8 Å². The molecule has 1 N–H and O–H groups in total. The fraction of sp³-hybridized carbons (Fsp3) is 0.267. The number of amides is 1. The number of carbonyl (C=O) groups is 2. The van der Waals surface area contributed by atoms with Gasteiger partial charge in [-0.2, -0.15) is 0 Å². The summed E-state index contributed by atoms with van der Waals surface area (Å²) in [5.74, 6) is 0.618. The molecule has 6 heteroatoms. The molecule has 1 heterocycles. The van der Waals surface area contributed by atoms with E-state index >= 15 is 0 Å². The molecule has 4 rings (SSSR count). The van der Waals surface area contributed by atoms with Crippen LogP contribution in [0.25, 0.3) is 6.08 Å². The van der Waals surface area contributed by atoms with Crippen LogP contribution in [0.2, 0.25) is 0 Å². The number of rotatable bonds is 9. The number of hydrogen-bond donors (Lipinski definition) is 1. The van der Waals surface area contributed by atoms with Crippen molar-refractivity contribution in [2.75, 3.05) is 37.0 Å². The van der Waals surface area contributed by atoms with Crippen molar-refractivity contribution in [3.63, 3.8) is 0 Å². The van der Waals surface area contributed by atoms with E-state index in [4.69, 9.17) is 9.47 Å². The Morgan fingerprint density at radius 2 is 1.69 bits per heavy atom. The molecule has 0 unspecified atom stereocenters. The Morgan fingerprint density at radius 3 is 2.42 bits per heavy atom. The topological polar surface area (TPSA) is 67.9 Å². The summed E-state index contributed by atoms with van der Waals surface area (Å²) in [6.07, 6.45) is 7.03. The van der Waals surface area contributed by atoms with E-state index in [1.807, 2.05) is 61.5 Å². The summed E-state index contributed by atoms with van der Waals surface area (Å²) in [6, 6.07) is 20.7. The number of methoxy groups -OCH3 is 1. The lowest BCUT2D eigenvalue weighted by Gasteiger charge is -2.28. The Morgan fingerprint density at radius 1 is 0.944 bits per heavy atom. The average molecular weight is 485 g/mol. The first-order chi connectivity index (χ1) is 17.5. The molecule has 1 aliphatic heterocycles. The van der Waals surface area contributed by atoms with Gasteiger partial charge >= 0.3 is 0 Å². The van der Waals surface area contributed by atoms with Crippen molar-refractivity contribution in [2.24, 2.45) is 0 Å². The first kappa shape index (κ1) is 25.0. The molecule has 0 aliphatic carbocycles. The number of ketones is 1. The minimum atomic E-state index is -0.257. The lowest BCUT2D eigenvalue weighted by molar-refractivity contribution is -0.118. The van der Waals surface area contributed by atoms with Gasteiger partial charge < -0.3 is 19.7 Å². The maximum atomic E-state index is 12.7. The van der Waals surface area contributed by atoms with Gasteiger partial charge in [0.2, 0.25) is 0 Å². The van der Waals surface area contributed by atoms with Gasteiger partial charge in [0.05, 0.1) is 7.11 Å². The normalized spacial score (nSPS) is 13.4. The SMILES string of the molecule is COc1cc(/C=C/C(=O)c2ccc(N3CCCCC3)cc2)ccc1OCC(=O)Nc1ccccc1C. The molecular weight excluding hydrogens is 452 g/mol. The molecule has 1 amide bonds. The number of piperidine rings is 1. The molecule has 1 fully saturated rings. The second-order valence-electron chi connectivity index (χ2n) is 8.85. The predicted molar refractivity (Wildman–Crippen MR) is 144 cm³/mol. The van der Waals surface area contributed by atoms with Gasteiger partial charge in [0, 0.05) is 30.0 Å². The number of aryl methyl sites for hydroxylation is 1. The van der Waals surface area contributed by atoms with E-state index in [0.717, 1.165) is 29.9 Å². The summed E-state index contributed by atoms with van der Waals surface area (Å²) in [7, 11) is 1.54. The largest absolute Gasteiger partial charge is 0.493 e. The van der Waals surface area contributed by atoms with Crippen molar-refractivity contribution in [1.29, 1.82) is 0 Å². The van der Waals surface area contributed by atoms with E-state index in [2.05, 4.69) is 10.2 Å². The quantitative estimate of drug-likeness (QED) is 0.302. The standard InChI is InChI=1S/C30H32N2O4/c1-22-8-4-5-9-26(22)31-30(34)21-36-28-17-11-23(20-29(28)35-2)10-16-27(33)24-12-14-25(15-13-24)32-18-6-3-7-19-32/h4-5,8-17,20H,3,6-7,18-19,21H2,1-2H3,(H,31,34)/b16-10+. The molecule has 3 aromatic rings. The van der Waals surface area contributed by atoms with Gasteiger partial charge in [-0.25, -0.2) is 0 Å². The predicted octanol–water partition coefficient (Wildman–Crippen LogP) is 5.91. The van der Waals surface area contributed by atoms with Gasteiger partial charge in [0.15, 0.2) is 23.9 Å². The molecule has 0 spiro atoms. The van der Waals surface area contributed by atoms with Gasteiger partial charge in [0.1, 0.15) is 0 Å². The molecule has 6 nitrogen and oxygen atoms in total. The number of hydrogen-bond acceptors (Lipinski definition) is 5. The highest BCUT2D eigenvalue weighted by Gasteiger charge is 2.12. The van der Waals surface area contributed by atoms with Crippen LogP contribution in [0.5, 0.6) is 11.5 Å².